The van der Waals surface area contributed by atoms with E-state index in [4.69, 9.17) is 0 Å². The summed E-state index contributed by atoms with van der Waals surface area (Å²) in [5.41, 5.74) is -1.54. The minimum absolute atomic E-state index is 0.0400. The summed E-state index contributed by atoms with van der Waals surface area (Å²) in [5, 5.41) is 9.52. The van der Waals surface area contributed by atoms with Gasteiger partial charge in [-0.3, -0.25) is 4.79 Å². The summed E-state index contributed by atoms with van der Waals surface area (Å²) in [6.07, 6.45) is -1.43. The summed E-state index contributed by atoms with van der Waals surface area (Å²) in [6.45, 7) is 0. The molecule has 1 aliphatic rings. The first-order chi connectivity index (χ1) is 10.3. The van der Waals surface area contributed by atoms with Crippen LogP contribution in [0.3, 0.4) is 0 Å². The lowest BCUT2D eigenvalue weighted by Gasteiger charge is -2.42. The van der Waals surface area contributed by atoms with E-state index in [-0.39, 0.29) is 11.7 Å². The Hall–Kier alpha value is -1.75. The van der Waals surface area contributed by atoms with E-state index >= 15 is 0 Å². The molecule has 0 atom stereocenters. The Kier molecular flexibility index (Phi) is 4.66. The molecule has 0 radical (unpaired) electrons. The van der Waals surface area contributed by atoms with E-state index < -0.39 is 17.3 Å². The van der Waals surface area contributed by atoms with Crippen LogP contribution >= 0.6 is 11.8 Å². The van der Waals surface area contributed by atoms with Crippen LogP contribution in [-0.4, -0.2) is 34.1 Å². The van der Waals surface area contributed by atoms with Gasteiger partial charge in [0.05, 0.1) is 22.4 Å². The minimum atomic E-state index is -4.42. The molecule has 0 spiro atoms. The standard InChI is InChI=1S/C14H14F3N3OS/c1-20(13(9-18)5-2-6-13)12(21)8-22-11-4-3-10(7-19-11)14(15,16)17/h3-4,7H,2,5-6,8H2,1H3. The minimum Gasteiger partial charge on any atom is -0.326 e. The first-order valence-corrected chi connectivity index (χ1v) is 7.61. The van der Waals surface area contributed by atoms with Gasteiger partial charge in [-0.05, 0) is 31.4 Å². The summed E-state index contributed by atoms with van der Waals surface area (Å²) in [7, 11) is 1.59. The second-order valence-electron chi connectivity index (χ2n) is 5.12. The fourth-order valence-electron chi connectivity index (χ4n) is 2.14. The lowest BCUT2D eigenvalue weighted by Crippen LogP contribution is -2.53. The van der Waals surface area contributed by atoms with Crippen LogP contribution in [0.2, 0.25) is 0 Å². The number of hydrogen-bond donors (Lipinski definition) is 0. The van der Waals surface area contributed by atoms with Crippen molar-refractivity contribution in [3.63, 3.8) is 0 Å². The molecule has 0 aromatic carbocycles. The third-order valence-electron chi connectivity index (χ3n) is 3.81. The van der Waals surface area contributed by atoms with Gasteiger partial charge in [-0.15, -0.1) is 0 Å². The van der Waals surface area contributed by atoms with Gasteiger partial charge in [0.2, 0.25) is 5.91 Å². The Morgan fingerprint density at radius 2 is 2.18 bits per heavy atom. The maximum absolute atomic E-state index is 12.4. The highest BCUT2D eigenvalue weighted by atomic mass is 32.2. The molecular formula is C14H14F3N3OS. The van der Waals surface area contributed by atoms with Gasteiger partial charge in [-0.25, -0.2) is 4.98 Å². The number of amides is 1. The van der Waals surface area contributed by atoms with Gasteiger partial charge < -0.3 is 4.90 Å². The number of aromatic nitrogens is 1. The van der Waals surface area contributed by atoms with E-state index in [0.717, 1.165) is 30.4 Å². The highest BCUT2D eigenvalue weighted by Gasteiger charge is 2.43. The van der Waals surface area contributed by atoms with Crippen molar-refractivity contribution in [1.82, 2.24) is 9.88 Å². The maximum atomic E-state index is 12.4. The molecule has 0 unspecified atom stereocenters. The Morgan fingerprint density at radius 1 is 1.50 bits per heavy atom. The van der Waals surface area contributed by atoms with E-state index in [1.54, 1.807) is 7.05 Å². The predicted molar refractivity (Wildman–Crippen MR) is 74.9 cm³/mol. The van der Waals surface area contributed by atoms with Crippen molar-refractivity contribution >= 4 is 17.7 Å². The molecule has 1 aromatic rings. The zero-order chi connectivity index (χ0) is 16.4. The molecule has 2 rings (SSSR count). The van der Waals surface area contributed by atoms with Crippen molar-refractivity contribution in [2.75, 3.05) is 12.8 Å². The zero-order valence-electron chi connectivity index (χ0n) is 11.9. The number of carbonyl (C=O) groups excluding carboxylic acids is 1. The molecule has 22 heavy (non-hydrogen) atoms. The zero-order valence-corrected chi connectivity index (χ0v) is 12.7. The molecule has 8 heteroatoms. The topological polar surface area (TPSA) is 57.0 Å². The van der Waals surface area contributed by atoms with E-state index in [1.807, 2.05) is 0 Å². The third-order valence-corrected chi connectivity index (χ3v) is 4.74. The number of rotatable bonds is 4. The van der Waals surface area contributed by atoms with Crippen LogP contribution in [0.25, 0.3) is 0 Å². The predicted octanol–water partition coefficient (Wildman–Crippen LogP) is 3.10. The number of nitrogens with zero attached hydrogens (tertiary/aromatic N) is 3. The van der Waals surface area contributed by atoms with Crippen molar-refractivity contribution in [2.45, 2.75) is 36.0 Å². The normalized spacial score (nSPS) is 16.5. The number of nitriles is 1. The molecule has 0 saturated heterocycles. The molecule has 118 valence electrons. The quantitative estimate of drug-likeness (QED) is 0.797. The fourth-order valence-corrected chi connectivity index (χ4v) is 2.89. The molecule has 1 fully saturated rings. The Balaban J connectivity index is 1.93. The van der Waals surface area contributed by atoms with Crippen LogP contribution in [0.4, 0.5) is 13.2 Å². The number of alkyl halides is 3. The first-order valence-electron chi connectivity index (χ1n) is 6.62. The van der Waals surface area contributed by atoms with E-state index in [9.17, 15) is 23.2 Å². The largest absolute Gasteiger partial charge is 0.417 e. The number of halogens is 3. The van der Waals surface area contributed by atoms with E-state index in [0.29, 0.717) is 17.9 Å². The van der Waals surface area contributed by atoms with Gasteiger partial charge >= 0.3 is 6.18 Å². The number of hydrogen-bond acceptors (Lipinski definition) is 4. The maximum Gasteiger partial charge on any atom is 0.417 e. The Bertz CT molecular complexity index is 591. The van der Waals surface area contributed by atoms with Crippen molar-refractivity contribution in [3.05, 3.63) is 23.9 Å². The molecule has 1 aromatic heterocycles. The number of thioether (sulfide) groups is 1. The van der Waals surface area contributed by atoms with Gasteiger partial charge in [0.15, 0.2) is 0 Å². The van der Waals surface area contributed by atoms with Crippen LogP contribution in [0, 0.1) is 11.3 Å². The molecule has 0 bridgehead atoms. The van der Waals surface area contributed by atoms with Gasteiger partial charge in [0.25, 0.3) is 0 Å². The smallest absolute Gasteiger partial charge is 0.326 e. The molecule has 0 aliphatic heterocycles. The molecule has 1 heterocycles. The summed E-state index contributed by atoms with van der Waals surface area (Å²) in [6, 6.07) is 4.35. The van der Waals surface area contributed by atoms with Gasteiger partial charge in [-0.2, -0.15) is 18.4 Å². The molecule has 1 amide bonds. The number of pyridine rings is 1. The van der Waals surface area contributed by atoms with Gasteiger partial charge in [-0.1, -0.05) is 11.8 Å². The third kappa shape index (κ3) is 3.35. The summed E-state index contributed by atoms with van der Waals surface area (Å²) in [5.74, 6) is -0.189. The van der Waals surface area contributed by atoms with Crippen LogP contribution in [0.1, 0.15) is 24.8 Å². The van der Waals surface area contributed by atoms with Gasteiger partial charge in [0, 0.05) is 13.2 Å². The highest BCUT2D eigenvalue weighted by Crippen LogP contribution is 2.36. The fraction of sp³-hybridized carbons (Fsp3) is 0.500. The first kappa shape index (κ1) is 16.6. The lowest BCUT2D eigenvalue weighted by atomic mass is 9.77. The van der Waals surface area contributed by atoms with Crippen molar-refractivity contribution in [2.24, 2.45) is 0 Å². The lowest BCUT2D eigenvalue weighted by molar-refractivity contribution is -0.138. The highest BCUT2D eigenvalue weighted by molar-refractivity contribution is 7.99. The van der Waals surface area contributed by atoms with Crippen LogP contribution in [0.5, 0.6) is 0 Å². The average Bonchev–Trinajstić information content (AvgIpc) is 2.43. The molecular weight excluding hydrogens is 315 g/mol. The van der Waals surface area contributed by atoms with Gasteiger partial charge in [0.1, 0.15) is 5.54 Å². The monoisotopic (exact) mass is 329 g/mol. The molecule has 1 aliphatic carbocycles. The van der Waals surface area contributed by atoms with E-state index in [2.05, 4.69) is 11.1 Å². The number of carbonyl (C=O) groups is 1. The summed E-state index contributed by atoms with van der Waals surface area (Å²) in [4.78, 5) is 17.2. The SMILES string of the molecule is CN(C(=O)CSc1ccc(C(F)(F)F)cn1)C1(C#N)CCC1. The van der Waals surface area contributed by atoms with Crippen molar-refractivity contribution in [1.29, 1.82) is 5.26 Å². The van der Waals surface area contributed by atoms with E-state index in [1.165, 1.54) is 11.0 Å². The van der Waals surface area contributed by atoms with Crippen LogP contribution < -0.4 is 0 Å². The van der Waals surface area contributed by atoms with Crippen LogP contribution in [-0.2, 0) is 11.0 Å². The Labute approximate surface area is 130 Å². The second-order valence-corrected chi connectivity index (χ2v) is 6.12. The Morgan fingerprint density at radius 3 is 2.59 bits per heavy atom. The summed E-state index contributed by atoms with van der Waals surface area (Å²) < 4.78 is 37.3. The van der Waals surface area contributed by atoms with Crippen LogP contribution in [0.15, 0.2) is 23.4 Å². The van der Waals surface area contributed by atoms with Crippen molar-refractivity contribution < 1.29 is 18.0 Å². The summed E-state index contributed by atoms with van der Waals surface area (Å²) >= 11 is 1.06. The molecule has 4 nitrogen and oxygen atoms in total. The van der Waals surface area contributed by atoms with Crippen molar-refractivity contribution in [3.8, 4) is 6.07 Å². The second kappa shape index (κ2) is 6.16. The average molecular weight is 329 g/mol. The molecule has 0 N–H and O–H groups in total. The molecule has 1 saturated carbocycles.